The number of carbonyl (C=O) groups is 3. The van der Waals surface area contributed by atoms with Crippen molar-refractivity contribution in [2.24, 2.45) is 0 Å². The predicted octanol–water partition coefficient (Wildman–Crippen LogP) is 7.85. The summed E-state index contributed by atoms with van der Waals surface area (Å²) in [6.45, 7) is 33.7. The molecule has 380 valence electrons. The maximum absolute atomic E-state index is 12.4. The second kappa shape index (κ2) is 26.3. The number of amides is 3. The third-order valence-electron chi connectivity index (χ3n) is 12.1. The average molecular weight is 957 g/mol. The lowest BCUT2D eigenvalue weighted by molar-refractivity contribution is 0.0260. The highest BCUT2D eigenvalue weighted by molar-refractivity contribution is 6.73. The van der Waals surface area contributed by atoms with E-state index in [2.05, 4.69) is 62.3 Å². The number of nitrogens with one attached hydrogen (secondary N) is 2. The van der Waals surface area contributed by atoms with Gasteiger partial charge in [-0.05, 0) is 105 Å². The molecule has 6 atom stereocenters. The highest BCUT2D eigenvalue weighted by atomic mass is 28.4. The zero-order valence-electron chi connectivity index (χ0n) is 43.5. The van der Waals surface area contributed by atoms with Crippen LogP contribution >= 0.6 is 0 Å². The Labute approximate surface area is 404 Å². The highest BCUT2D eigenvalue weighted by Gasteiger charge is 2.43. The van der Waals surface area contributed by atoms with Crippen LogP contribution in [0.2, 0.25) is 18.1 Å². The minimum absolute atomic E-state index is 0.0623. The second-order valence-electron chi connectivity index (χ2n) is 20.9. The van der Waals surface area contributed by atoms with Gasteiger partial charge < -0.3 is 54.2 Å². The molecular formula is C51H88N6O9Si. The van der Waals surface area contributed by atoms with Gasteiger partial charge >= 0.3 is 18.3 Å². The van der Waals surface area contributed by atoms with Crippen molar-refractivity contribution in [3.8, 4) is 0 Å². The molecule has 0 aromatic heterocycles. The monoisotopic (exact) mass is 957 g/mol. The summed E-state index contributed by atoms with van der Waals surface area (Å²) in [6.07, 6.45) is -2.00. The molecule has 3 amide bonds. The Hall–Kier alpha value is -3.77. The van der Waals surface area contributed by atoms with E-state index in [9.17, 15) is 24.6 Å². The van der Waals surface area contributed by atoms with Crippen LogP contribution in [-0.2, 0) is 31.7 Å². The number of benzene rings is 2. The molecule has 3 heterocycles. The summed E-state index contributed by atoms with van der Waals surface area (Å²) >= 11 is 0. The van der Waals surface area contributed by atoms with Gasteiger partial charge in [0.15, 0.2) is 8.32 Å². The fraction of sp³-hybridized carbons (Fsp3) is 0.706. The molecule has 4 N–H and O–H groups in total. The van der Waals surface area contributed by atoms with Crippen molar-refractivity contribution < 1.29 is 43.2 Å². The molecule has 0 aliphatic carbocycles. The van der Waals surface area contributed by atoms with E-state index < -0.39 is 37.3 Å². The normalized spacial score (nSPS) is 22.2. The average Bonchev–Trinajstić information content (AvgIpc) is 3.97. The quantitative estimate of drug-likeness (QED) is 0.107. The Bertz CT molecular complexity index is 1760. The fourth-order valence-electron chi connectivity index (χ4n) is 8.34. The number of hydrogen-bond acceptors (Lipinski definition) is 12. The Morgan fingerprint density at radius 2 is 1.03 bits per heavy atom. The minimum Gasteiger partial charge on any atom is -0.444 e. The third-order valence-corrected chi connectivity index (χ3v) is 16.8. The number of β-amino-alcohol motifs (C(OH)–C–C–N with tert-alkyl or cyclic N) is 2. The zero-order chi connectivity index (χ0) is 50.2. The van der Waals surface area contributed by atoms with Gasteiger partial charge in [-0.15, -0.1) is 0 Å². The number of ether oxygens (including phenoxy) is 3. The first-order chi connectivity index (χ1) is 31.3. The number of aliphatic hydroxyl groups excluding tert-OH is 2. The Morgan fingerprint density at radius 1 is 0.597 bits per heavy atom. The van der Waals surface area contributed by atoms with Gasteiger partial charge in [0.25, 0.3) is 0 Å². The van der Waals surface area contributed by atoms with Crippen LogP contribution in [-0.4, -0.2) is 162 Å². The summed E-state index contributed by atoms with van der Waals surface area (Å²) in [6, 6.07) is 23.6. The molecule has 3 aliphatic heterocycles. The van der Waals surface area contributed by atoms with Crippen LogP contribution in [0.4, 0.5) is 14.4 Å². The van der Waals surface area contributed by atoms with Gasteiger partial charge in [-0.1, -0.05) is 95.3 Å². The number of aliphatic hydroxyl groups is 2. The number of rotatable bonds is 14. The van der Waals surface area contributed by atoms with E-state index in [0.29, 0.717) is 45.8 Å². The summed E-state index contributed by atoms with van der Waals surface area (Å²) in [5, 5.41) is 27.2. The predicted molar refractivity (Wildman–Crippen MR) is 268 cm³/mol. The third kappa shape index (κ3) is 19.6. The number of hydrogen-bond donors (Lipinski definition) is 4. The van der Waals surface area contributed by atoms with Gasteiger partial charge in [-0.3, -0.25) is 4.90 Å². The van der Waals surface area contributed by atoms with E-state index in [1.165, 1.54) is 5.56 Å². The number of likely N-dealkylation sites (tertiary alicyclic amines) is 3. The van der Waals surface area contributed by atoms with Crippen LogP contribution in [0.15, 0.2) is 60.7 Å². The van der Waals surface area contributed by atoms with E-state index >= 15 is 0 Å². The fourth-order valence-corrected chi connectivity index (χ4v) is 11.2. The maximum atomic E-state index is 12.4. The molecule has 3 fully saturated rings. The molecular weight excluding hydrogens is 869 g/mol. The van der Waals surface area contributed by atoms with Crippen LogP contribution in [0.25, 0.3) is 0 Å². The molecule has 3 aliphatic rings. The van der Waals surface area contributed by atoms with Crippen LogP contribution in [0.1, 0.15) is 108 Å². The van der Waals surface area contributed by atoms with E-state index in [1.807, 2.05) is 111 Å². The summed E-state index contributed by atoms with van der Waals surface area (Å²) in [4.78, 5) is 43.7. The molecule has 2 aromatic rings. The van der Waals surface area contributed by atoms with Crippen LogP contribution in [0, 0.1) is 0 Å². The summed E-state index contributed by atoms with van der Waals surface area (Å²) in [5.41, 5.74) is 0.864. The Morgan fingerprint density at radius 3 is 1.48 bits per heavy atom. The summed E-state index contributed by atoms with van der Waals surface area (Å²) in [7, 11) is -1.68. The van der Waals surface area contributed by atoms with Crippen molar-refractivity contribution in [1.82, 2.24) is 30.2 Å². The largest absolute Gasteiger partial charge is 0.444 e. The van der Waals surface area contributed by atoms with Gasteiger partial charge in [0, 0.05) is 32.7 Å². The molecule has 2 aromatic carbocycles. The number of carbonyl (C=O) groups excluding carboxylic acids is 3. The zero-order valence-corrected chi connectivity index (χ0v) is 44.5. The smallest absolute Gasteiger partial charge is 0.410 e. The van der Waals surface area contributed by atoms with E-state index in [-0.39, 0.29) is 42.5 Å². The Kier molecular flexibility index (Phi) is 22.6. The Balaban J connectivity index is 0.000000267. The van der Waals surface area contributed by atoms with E-state index in [4.69, 9.17) is 18.6 Å². The molecule has 67 heavy (non-hydrogen) atoms. The van der Waals surface area contributed by atoms with Crippen LogP contribution in [0.3, 0.4) is 0 Å². The lowest BCUT2D eigenvalue weighted by Crippen LogP contribution is -2.48. The molecule has 0 radical (unpaired) electrons. The molecule has 15 nitrogen and oxygen atoms in total. The van der Waals surface area contributed by atoms with Crippen molar-refractivity contribution in [2.75, 3.05) is 52.4 Å². The SMILES string of the molecule is CC(C)(C)OC(=O)N1C[C@@H](O)[C@H](NCc2ccccc2)C1.CCN(Cc1ccccc1)[C@@H]1CN(C(=O)OC(C)(C)C)C[C@H]1O.CCN[C@@H]1CN(C(=O)OC(C)(C)C)C[C@H]1O[Si](CC)(CC)CC. The minimum atomic E-state index is -1.68. The van der Waals surface area contributed by atoms with E-state index in [1.54, 1.807) is 14.7 Å². The van der Waals surface area contributed by atoms with Crippen molar-refractivity contribution in [2.45, 2.75) is 181 Å². The summed E-state index contributed by atoms with van der Waals surface area (Å²) in [5.74, 6) is 0. The summed E-state index contributed by atoms with van der Waals surface area (Å²) < 4.78 is 22.9. The van der Waals surface area contributed by atoms with Crippen molar-refractivity contribution in [3.63, 3.8) is 0 Å². The lowest BCUT2D eigenvalue weighted by atomic mass is 10.1. The first kappa shape index (κ1) is 57.5. The molecule has 16 heteroatoms. The van der Waals surface area contributed by atoms with Gasteiger partial charge in [0.1, 0.15) is 16.8 Å². The van der Waals surface area contributed by atoms with Gasteiger partial charge in [0.2, 0.25) is 0 Å². The molecule has 5 rings (SSSR count). The van der Waals surface area contributed by atoms with Crippen molar-refractivity contribution in [1.29, 1.82) is 0 Å². The van der Waals surface area contributed by atoms with Crippen LogP contribution < -0.4 is 10.6 Å². The molecule has 0 spiro atoms. The molecule has 0 saturated carbocycles. The second-order valence-corrected chi connectivity index (χ2v) is 25.7. The first-order valence-electron chi connectivity index (χ1n) is 24.6. The molecule has 3 saturated heterocycles. The highest BCUT2D eigenvalue weighted by Crippen LogP contribution is 2.28. The van der Waals surface area contributed by atoms with Gasteiger partial charge in [-0.2, -0.15) is 0 Å². The van der Waals surface area contributed by atoms with Crippen molar-refractivity contribution in [3.05, 3.63) is 71.8 Å². The maximum Gasteiger partial charge on any atom is 0.410 e. The standard InChI is InChI=1S/C18H28N2O3.C17H36N2O3Si.C16H24N2O3/c1-5-19(11-14-9-7-6-8-10-14)15-12-20(13-16(15)21)17(22)23-18(2,3)4;1-8-18-14-12-19(16(20)21-17(5,6)7)13-15(14)22-23(9-2,10-3)11-4;1-16(2,3)21-15(20)18-10-13(14(19)11-18)17-9-12-7-5-4-6-8-12/h6-10,15-16,21H,5,11-13H2,1-4H3;14-15,18H,8-13H2,1-7H3;4-8,13-14,17,19H,9-11H2,1-3H3/t15-,16-;14-,15-;13-,14-/m111/s1. The van der Waals surface area contributed by atoms with Crippen molar-refractivity contribution >= 4 is 26.6 Å². The molecule has 0 unspecified atom stereocenters. The van der Waals surface area contributed by atoms with Crippen LogP contribution in [0.5, 0.6) is 0 Å². The molecule has 0 bridgehead atoms. The van der Waals surface area contributed by atoms with Gasteiger partial charge in [0.05, 0.1) is 56.1 Å². The number of nitrogens with zero attached hydrogens (tertiary/aromatic N) is 4. The number of likely N-dealkylation sites (N-methyl/N-ethyl adjacent to an activating group) is 2. The van der Waals surface area contributed by atoms with E-state index in [0.717, 1.165) is 43.3 Å². The topological polar surface area (TPSA) is 166 Å². The first-order valence-corrected chi connectivity index (χ1v) is 27.1. The van der Waals surface area contributed by atoms with Gasteiger partial charge in [-0.25, -0.2) is 14.4 Å². The lowest BCUT2D eigenvalue weighted by Gasteiger charge is -2.33.